The van der Waals surface area contributed by atoms with Gasteiger partial charge in [0.15, 0.2) is 0 Å². The summed E-state index contributed by atoms with van der Waals surface area (Å²) in [7, 11) is -0.636. The standard InChI is InChI=1S/C23H30N2O7S/c1-23(2,3)31-22(27)25(5)15-20(26)16-6-8-17(9-7-16)32-33(28,29)18-10-11-19-21(14-18)30-13-12-24(19)4/h6-11,14,20,26H,12-13,15H2,1-5H3. The Bertz CT molecular complexity index is 1090. The maximum atomic E-state index is 12.7. The number of benzene rings is 2. The van der Waals surface area contributed by atoms with E-state index in [0.717, 1.165) is 12.2 Å². The molecular weight excluding hydrogens is 448 g/mol. The van der Waals surface area contributed by atoms with Crippen LogP contribution in [0.25, 0.3) is 0 Å². The molecule has 0 saturated carbocycles. The van der Waals surface area contributed by atoms with Crippen molar-refractivity contribution in [1.82, 2.24) is 4.90 Å². The van der Waals surface area contributed by atoms with Crippen molar-refractivity contribution in [1.29, 1.82) is 0 Å². The Kier molecular flexibility index (Phi) is 7.08. The van der Waals surface area contributed by atoms with Crippen molar-refractivity contribution in [2.24, 2.45) is 0 Å². The summed E-state index contributed by atoms with van der Waals surface area (Å²) in [5.74, 6) is 0.586. The van der Waals surface area contributed by atoms with Crippen molar-refractivity contribution in [2.45, 2.75) is 37.4 Å². The third-order valence-corrected chi connectivity index (χ3v) is 6.18. The van der Waals surface area contributed by atoms with E-state index < -0.39 is 27.9 Å². The predicted octanol–water partition coefficient (Wildman–Crippen LogP) is 3.18. The number of rotatable bonds is 6. The van der Waals surface area contributed by atoms with Crippen LogP contribution in [0.15, 0.2) is 47.4 Å². The molecule has 33 heavy (non-hydrogen) atoms. The fraction of sp³-hybridized carbons (Fsp3) is 0.435. The third-order valence-electron chi connectivity index (χ3n) is 4.94. The lowest BCUT2D eigenvalue weighted by Gasteiger charge is -2.27. The number of carbonyl (C=O) groups is 1. The molecule has 1 unspecified atom stereocenters. The molecular formula is C23H30N2O7S. The molecule has 10 heteroatoms. The molecule has 9 nitrogen and oxygen atoms in total. The molecule has 1 amide bonds. The van der Waals surface area contributed by atoms with Crippen LogP contribution in [-0.2, 0) is 14.9 Å². The second-order valence-corrected chi connectivity index (χ2v) is 10.4. The minimum atomic E-state index is -4.08. The second-order valence-electron chi connectivity index (χ2n) is 8.88. The molecule has 0 saturated heterocycles. The molecule has 3 rings (SSSR count). The smallest absolute Gasteiger partial charge is 0.410 e. The van der Waals surface area contributed by atoms with E-state index in [1.807, 2.05) is 11.9 Å². The molecule has 180 valence electrons. The van der Waals surface area contributed by atoms with Gasteiger partial charge in [0.2, 0.25) is 0 Å². The Morgan fingerprint density at radius 3 is 2.52 bits per heavy atom. The van der Waals surface area contributed by atoms with Gasteiger partial charge in [-0.05, 0) is 50.6 Å². The number of likely N-dealkylation sites (N-methyl/N-ethyl adjacent to an activating group) is 2. The monoisotopic (exact) mass is 478 g/mol. The number of aliphatic hydroxyl groups excluding tert-OH is 1. The molecule has 1 aliphatic heterocycles. The van der Waals surface area contributed by atoms with Crippen LogP contribution in [-0.4, -0.2) is 63.9 Å². The fourth-order valence-corrected chi connectivity index (χ4v) is 4.14. The van der Waals surface area contributed by atoms with E-state index in [0.29, 0.717) is 17.9 Å². The molecule has 1 N–H and O–H groups in total. The van der Waals surface area contributed by atoms with Crippen LogP contribution in [0.2, 0.25) is 0 Å². The zero-order chi connectivity index (χ0) is 24.4. The van der Waals surface area contributed by atoms with Gasteiger partial charge in [-0.3, -0.25) is 0 Å². The predicted molar refractivity (Wildman–Crippen MR) is 123 cm³/mol. The summed E-state index contributed by atoms with van der Waals surface area (Å²) in [6, 6.07) is 10.6. The molecule has 2 aromatic carbocycles. The van der Waals surface area contributed by atoms with Gasteiger partial charge in [0.25, 0.3) is 0 Å². The summed E-state index contributed by atoms with van der Waals surface area (Å²) in [5, 5.41) is 10.4. The number of nitrogens with zero attached hydrogens (tertiary/aromatic N) is 2. The van der Waals surface area contributed by atoms with Gasteiger partial charge in [-0.1, -0.05) is 12.1 Å². The second kappa shape index (κ2) is 9.48. The van der Waals surface area contributed by atoms with E-state index in [4.69, 9.17) is 13.7 Å². The Hall–Kier alpha value is -2.98. The molecule has 1 heterocycles. The first kappa shape index (κ1) is 24.7. The summed E-state index contributed by atoms with van der Waals surface area (Å²) < 4.78 is 41.5. The minimum absolute atomic E-state index is 0.0109. The first-order valence-corrected chi connectivity index (χ1v) is 11.9. The van der Waals surface area contributed by atoms with Crippen LogP contribution in [0.1, 0.15) is 32.4 Å². The molecule has 0 aromatic heterocycles. The summed E-state index contributed by atoms with van der Waals surface area (Å²) in [5.41, 5.74) is 0.677. The number of hydrogen-bond donors (Lipinski definition) is 1. The molecule has 1 atom stereocenters. The van der Waals surface area contributed by atoms with Crippen molar-refractivity contribution in [2.75, 3.05) is 38.7 Å². The summed E-state index contributed by atoms with van der Waals surface area (Å²) in [4.78, 5) is 15.3. The van der Waals surface area contributed by atoms with Gasteiger partial charge >= 0.3 is 16.2 Å². The number of anilines is 1. The van der Waals surface area contributed by atoms with Crippen LogP contribution >= 0.6 is 0 Å². The van der Waals surface area contributed by atoms with Crippen LogP contribution in [0.4, 0.5) is 10.5 Å². The van der Waals surface area contributed by atoms with E-state index in [1.54, 1.807) is 39.0 Å². The molecule has 1 aliphatic rings. The zero-order valence-electron chi connectivity index (χ0n) is 19.4. The van der Waals surface area contributed by atoms with E-state index in [-0.39, 0.29) is 17.2 Å². The maximum absolute atomic E-state index is 12.7. The lowest BCUT2D eigenvalue weighted by atomic mass is 10.1. The summed E-state index contributed by atoms with van der Waals surface area (Å²) in [6.07, 6.45) is -1.53. The maximum Gasteiger partial charge on any atom is 0.410 e. The van der Waals surface area contributed by atoms with Crippen molar-refractivity contribution in [3.05, 3.63) is 48.0 Å². The number of aliphatic hydroxyl groups is 1. The van der Waals surface area contributed by atoms with Gasteiger partial charge in [-0.15, -0.1) is 0 Å². The Morgan fingerprint density at radius 2 is 1.88 bits per heavy atom. The van der Waals surface area contributed by atoms with Crippen LogP contribution in [0.3, 0.4) is 0 Å². The van der Waals surface area contributed by atoms with Crippen LogP contribution in [0, 0.1) is 0 Å². The van der Waals surface area contributed by atoms with Gasteiger partial charge in [-0.25, -0.2) is 4.79 Å². The van der Waals surface area contributed by atoms with Crippen LogP contribution in [0.5, 0.6) is 11.5 Å². The Labute approximate surface area is 194 Å². The highest BCUT2D eigenvalue weighted by atomic mass is 32.2. The largest absolute Gasteiger partial charge is 0.490 e. The highest BCUT2D eigenvalue weighted by Crippen LogP contribution is 2.33. The SMILES string of the molecule is CN(CC(O)c1ccc(OS(=O)(=O)c2ccc3c(c2)OCCN3C)cc1)C(=O)OC(C)(C)C. The van der Waals surface area contributed by atoms with Gasteiger partial charge in [0, 0.05) is 20.2 Å². The van der Waals surface area contributed by atoms with E-state index in [2.05, 4.69) is 0 Å². The zero-order valence-corrected chi connectivity index (χ0v) is 20.3. The first-order chi connectivity index (χ1) is 15.4. The Morgan fingerprint density at radius 1 is 1.21 bits per heavy atom. The van der Waals surface area contributed by atoms with E-state index in [1.165, 1.54) is 36.2 Å². The third kappa shape index (κ3) is 6.29. The molecule has 0 spiro atoms. The minimum Gasteiger partial charge on any atom is -0.490 e. The van der Waals surface area contributed by atoms with Crippen molar-refractivity contribution in [3.8, 4) is 11.5 Å². The summed E-state index contributed by atoms with van der Waals surface area (Å²) >= 11 is 0. The highest BCUT2D eigenvalue weighted by molar-refractivity contribution is 7.87. The van der Waals surface area contributed by atoms with E-state index in [9.17, 15) is 18.3 Å². The molecule has 2 aromatic rings. The van der Waals surface area contributed by atoms with Crippen molar-refractivity contribution < 1.29 is 32.0 Å². The molecule has 0 bridgehead atoms. The van der Waals surface area contributed by atoms with Crippen LogP contribution < -0.4 is 13.8 Å². The van der Waals surface area contributed by atoms with Crippen molar-refractivity contribution in [3.63, 3.8) is 0 Å². The molecule has 0 fully saturated rings. The Balaban J connectivity index is 1.66. The lowest BCUT2D eigenvalue weighted by Crippen LogP contribution is -2.36. The number of amides is 1. The highest BCUT2D eigenvalue weighted by Gasteiger charge is 2.24. The van der Waals surface area contributed by atoms with Crippen molar-refractivity contribution >= 4 is 21.9 Å². The lowest BCUT2D eigenvalue weighted by molar-refractivity contribution is 0.0205. The number of fused-ring (bicyclic) bond motifs is 1. The topological polar surface area (TPSA) is 106 Å². The summed E-state index contributed by atoms with van der Waals surface area (Å²) in [6.45, 7) is 6.49. The number of hydrogen-bond acceptors (Lipinski definition) is 8. The molecule has 0 radical (unpaired) electrons. The average molecular weight is 479 g/mol. The first-order valence-electron chi connectivity index (χ1n) is 10.5. The normalized spacial score (nSPS) is 14.7. The van der Waals surface area contributed by atoms with Gasteiger partial charge < -0.3 is 28.6 Å². The van der Waals surface area contributed by atoms with Gasteiger partial charge in [0.05, 0.1) is 24.9 Å². The fourth-order valence-electron chi connectivity index (χ4n) is 3.19. The van der Waals surface area contributed by atoms with Gasteiger partial charge in [-0.2, -0.15) is 8.42 Å². The number of ether oxygens (including phenoxy) is 2. The quantitative estimate of drug-likeness (QED) is 0.631. The van der Waals surface area contributed by atoms with E-state index >= 15 is 0 Å². The molecule has 0 aliphatic carbocycles. The van der Waals surface area contributed by atoms with Gasteiger partial charge in [0.1, 0.15) is 28.6 Å². The average Bonchev–Trinajstić information content (AvgIpc) is 2.72. The number of carbonyl (C=O) groups excluding carboxylic acids is 1.